The lowest BCUT2D eigenvalue weighted by Gasteiger charge is -2.09. The number of nitro groups is 1. The third kappa shape index (κ3) is 4.28. The first-order chi connectivity index (χ1) is 12.4. The molecule has 0 aromatic heterocycles. The van der Waals surface area contributed by atoms with Gasteiger partial charge in [0, 0.05) is 16.7 Å². The van der Waals surface area contributed by atoms with E-state index in [-0.39, 0.29) is 16.1 Å². The molecule has 0 bridgehead atoms. The van der Waals surface area contributed by atoms with E-state index in [0.717, 1.165) is 6.07 Å². The van der Waals surface area contributed by atoms with Crippen molar-refractivity contribution in [3.63, 3.8) is 0 Å². The van der Waals surface area contributed by atoms with Crippen LogP contribution < -0.4 is 9.47 Å². The van der Waals surface area contributed by atoms with E-state index in [2.05, 4.69) is 0 Å². The molecule has 0 aliphatic rings. The highest BCUT2D eigenvalue weighted by molar-refractivity contribution is 6.31. The molecule has 0 atom stereocenters. The van der Waals surface area contributed by atoms with E-state index in [1.54, 1.807) is 0 Å². The topological polar surface area (TPSA) is 105 Å². The summed E-state index contributed by atoms with van der Waals surface area (Å²) in [4.78, 5) is 34.5. The first kappa shape index (κ1) is 19.2. The molecular weight excluding hydrogens is 366 g/mol. The van der Waals surface area contributed by atoms with Crippen molar-refractivity contribution in [2.24, 2.45) is 0 Å². The number of Topliss-reactive ketones (excluding diaryl/α,β-unsaturated/α-hetero) is 1. The molecule has 0 fully saturated rings. The number of ether oxygens (including phenoxy) is 3. The molecule has 8 nitrogen and oxygen atoms in total. The molecule has 136 valence electrons. The minimum absolute atomic E-state index is 0.106. The van der Waals surface area contributed by atoms with E-state index in [9.17, 15) is 19.7 Å². The van der Waals surface area contributed by atoms with Gasteiger partial charge in [-0.2, -0.15) is 0 Å². The van der Waals surface area contributed by atoms with Gasteiger partial charge in [-0.25, -0.2) is 4.79 Å². The maximum atomic E-state index is 12.2. The van der Waals surface area contributed by atoms with E-state index < -0.39 is 29.0 Å². The Morgan fingerprint density at radius 3 is 2.38 bits per heavy atom. The van der Waals surface area contributed by atoms with Crippen molar-refractivity contribution in [3.05, 3.63) is 62.7 Å². The molecule has 0 unspecified atom stereocenters. The Hall–Kier alpha value is -3.13. The summed E-state index contributed by atoms with van der Waals surface area (Å²) in [7, 11) is 2.88. The molecule has 26 heavy (non-hydrogen) atoms. The minimum Gasteiger partial charge on any atom is -0.493 e. The SMILES string of the molecule is COc1ccc(C(=O)COC(=O)c2ccc(Cl)cc2[N+](=O)[O-])cc1OC. The number of carbonyl (C=O) groups is 2. The predicted octanol–water partition coefficient (Wildman–Crippen LogP) is 3.31. The van der Waals surface area contributed by atoms with Crippen LogP contribution in [0.25, 0.3) is 0 Å². The number of ketones is 1. The zero-order valence-electron chi connectivity index (χ0n) is 13.9. The number of esters is 1. The standard InChI is InChI=1S/C17H14ClNO7/c1-24-15-6-3-10(7-16(15)25-2)14(20)9-26-17(21)12-5-4-11(18)8-13(12)19(22)23/h3-8H,9H2,1-2H3. The Kier molecular flexibility index (Phi) is 6.13. The second kappa shape index (κ2) is 8.30. The molecule has 0 spiro atoms. The second-order valence-corrected chi connectivity index (χ2v) is 5.42. The predicted molar refractivity (Wildman–Crippen MR) is 92.3 cm³/mol. The summed E-state index contributed by atoms with van der Waals surface area (Å²) in [6.07, 6.45) is 0. The van der Waals surface area contributed by atoms with Crippen molar-refractivity contribution in [2.45, 2.75) is 0 Å². The van der Waals surface area contributed by atoms with Gasteiger partial charge in [-0.1, -0.05) is 11.6 Å². The Labute approximate surface area is 153 Å². The average molecular weight is 380 g/mol. The van der Waals surface area contributed by atoms with Crippen LogP contribution in [-0.4, -0.2) is 37.5 Å². The highest BCUT2D eigenvalue weighted by Crippen LogP contribution is 2.28. The zero-order valence-corrected chi connectivity index (χ0v) is 14.6. The monoisotopic (exact) mass is 379 g/mol. The number of rotatable bonds is 7. The summed E-state index contributed by atoms with van der Waals surface area (Å²) in [6, 6.07) is 8.00. The van der Waals surface area contributed by atoms with Crippen molar-refractivity contribution in [2.75, 3.05) is 20.8 Å². The number of carbonyl (C=O) groups excluding carboxylic acids is 2. The highest BCUT2D eigenvalue weighted by Gasteiger charge is 2.23. The fraction of sp³-hybridized carbons (Fsp3) is 0.176. The van der Waals surface area contributed by atoms with E-state index in [1.807, 2.05) is 0 Å². The second-order valence-electron chi connectivity index (χ2n) is 4.99. The van der Waals surface area contributed by atoms with E-state index in [4.69, 9.17) is 25.8 Å². The van der Waals surface area contributed by atoms with Crippen LogP contribution in [0.2, 0.25) is 5.02 Å². The fourth-order valence-corrected chi connectivity index (χ4v) is 2.30. The minimum atomic E-state index is -0.998. The van der Waals surface area contributed by atoms with Crippen LogP contribution in [0.5, 0.6) is 11.5 Å². The normalized spacial score (nSPS) is 10.1. The summed E-state index contributed by atoms with van der Waals surface area (Å²) in [5.41, 5.74) is -0.554. The number of hydrogen-bond acceptors (Lipinski definition) is 7. The van der Waals surface area contributed by atoms with Gasteiger partial charge in [0.15, 0.2) is 23.9 Å². The fourth-order valence-electron chi connectivity index (χ4n) is 2.13. The molecule has 0 aliphatic heterocycles. The van der Waals surface area contributed by atoms with Gasteiger partial charge in [0.05, 0.1) is 19.1 Å². The van der Waals surface area contributed by atoms with Crippen LogP contribution in [0.3, 0.4) is 0 Å². The average Bonchev–Trinajstić information content (AvgIpc) is 2.64. The van der Waals surface area contributed by atoms with E-state index >= 15 is 0 Å². The lowest BCUT2D eigenvalue weighted by Crippen LogP contribution is -2.15. The van der Waals surface area contributed by atoms with Gasteiger partial charge in [0.25, 0.3) is 5.69 Å². The van der Waals surface area contributed by atoms with Gasteiger partial charge in [0.2, 0.25) is 0 Å². The molecule has 0 heterocycles. The van der Waals surface area contributed by atoms with Gasteiger partial charge >= 0.3 is 5.97 Å². The summed E-state index contributed by atoms with van der Waals surface area (Å²) in [5.74, 6) is -0.714. The number of nitro benzene ring substituents is 1. The van der Waals surface area contributed by atoms with Crippen LogP contribution in [0, 0.1) is 10.1 Å². The highest BCUT2D eigenvalue weighted by atomic mass is 35.5. The lowest BCUT2D eigenvalue weighted by atomic mass is 10.1. The molecule has 9 heteroatoms. The van der Waals surface area contributed by atoms with Crippen LogP contribution in [-0.2, 0) is 4.74 Å². The van der Waals surface area contributed by atoms with Crippen LogP contribution in [0.1, 0.15) is 20.7 Å². The summed E-state index contributed by atoms with van der Waals surface area (Å²) < 4.78 is 15.1. The van der Waals surface area contributed by atoms with Crippen molar-refractivity contribution in [1.82, 2.24) is 0 Å². The molecule has 0 radical (unpaired) electrons. The Balaban J connectivity index is 2.13. The largest absolute Gasteiger partial charge is 0.493 e. The first-order valence-corrected chi connectivity index (χ1v) is 7.61. The lowest BCUT2D eigenvalue weighted by molar-refractivity contribution is -0.385. The van der Waals surface area contributed by atoms with Gasteiger partial charge in [-0.15, -0.1) is 0 Å². The molecule has 0 N–H and O–H groups in total. The smallest absolute Gasteiger partial charge is 0.345 e. The van der Waals surface area contributed by atoms with E-state index in [0.29, 0.717) is 11.5 Å². The van der Waals surface area contributed by atoms with Crippen LogP contribution >= 0.6 is 11.6 Å². The number of hydrogen-bond donors (Lipinski definition) is 0. The van der Waals surface area contributed by atoms with Crippen molar-refractivity contribution in [3.8, 4) is 11.5 Å². The maximum absolute atomic E-state index is 12.2. The van der Waals surface area contributed by atoms with Crippen molar-refractivity contribution >= 4 is 29.0 Å². The summed E-state index contributed by atoms with van der Waals surface area (Å²) in [5, 5.41) is 11.1. The Morgan fingerprint density at radius 1 is 1.08 bits per heavy atom. The van der Waals surface area contributed by atoms with Crippen molar-refractivity contribution in [1.29, 1.82) is 0 Å². The Bertz CT molecular complexity index is 866. The molecule has 0 saturated heterocycles. The molecule has 0 aliphatic carbocycles. The molecule has 2 aromatic carbocycles. The van der Waals surface area contributed by atoms with Gasteiger partial charge < -0.3 is 14.2 Å². The molecule has 0 amide bonds. The molecule has 2 aromatic rings. The van der Waals surface area contributed by atoms with Gasteiger partial charge in [-0.05, 0) is 30.3 Å². The number of methoxy groups -OCH3 is 2. The quantitative estimate of drug-likeness (QED) is 0.314. The Morgan fingerprint density at radius 2 is 1.77 bits per heavy atom. The number of nitrogens with zero attached hydrogens (tertiary/aromatic N) is 1. The van der Waals surface area contributed by atoms with E-state index in [1.165, 1.54) is 44.6 Å². The molecule has 2 rings (SSSR count). The number of benzene rings is 2. The third-order valence-electron chi connectivity index (χ3n) is 3.42. The van der Waals surface area contributed by atoms with Gasteiger partial charge in [0.1, 0.15) is 5.56 Å². The molecular formula is C17H14ClNO7. The number of halogens is 1. The maximum Gasteiger partial charge on any atom is 0.345 e. The summed E-state index contributed by atoms with van der Waals surface area (Å²) in [6.45, 7) is -0.589. The molecule has 0 saturated carbocycles. The zero-order chi connectivity index (χ0) is 19.3. The first-order valence-electron chi connectivity index (χ1n) is 7.23. The van der Waals surface area contributed by atoms with Crippen LogP contribution in [0.15, 0.2) is 36.4 Å². The summed E-state index contributed by atoms with van der Waals surface area (Å²) >= 11 is 5.69. The van der Waals surface area contributed by atoms with Gasteiger partial charge in [-0.3, -0.25) is 14.9 Å². The third-order valence-corrected chi connectivity index (χ3v) is 3.65. The van der Waals surface area contributed by atoms with Crippen LogP contribution in [0.4, 0.5) is 5.69 Å². The van der Waals surface area contributed by atoms with Crippen molar-refractivity contribution < 1.29 is 28.7 Å².